The van der Waals surface area contributed by atoms with E-state index in [9.17, 15) is 4.79 Å². The van der Waals surface area contributed by atoms with E-state index in [0.717, 1.165) is 36.4 Å². The van der Waals surface area contributed by atoms with Gasteiger partial charge >= 0.3 is 0 Å². The molecular weight excluding hydrogens is 286 g/mol. The van der Waals surface area contributed by atoms with E-state index < -0.39 is 0 Å². The summed E-state index contributed by atoms with van der Waals surface area (Å²) in [5.74, 6) is 1.41. The number of hydrogen-bond acceptors (Lipinski definition) is 3. The number of benzene rings is 1. The van der Waals surface area contributed by atoms with Gasteiger partial charge in [-0.15, -0.1) is 0 Å². The average molecular weight is 313 g/mol. The predicted octanol–water partition coefficient (Wildman–Crippen LogP) is 3.22. The second kappa shape index (κ2) is 6.83. The first-order valence-electron chi connectivity index (χ1n) is 8.80. The molecule has 1 atom stereocenters. The van der Waals surface area contributed by atoms with E-state index in [1.54, 1.807) is 0 Å². The van der Waals surface area contributed by atoms with Crippen LogP contribution in [0.3, 0.4) is 0 Å². The number of fused-ring (bicyclic) bond motifs is 1. The third-order valence-corrected chi connectivity index (χ3v) is 5.36. The molecule has 3 rings (SSSR count). The Bertz CT molecular complexity index is 729. The molecule has 0 bridgehead atoms. The lowest BCUT2D eigenvalue weighted by atomic mass is 9.95. The lowest BCUT2D eigenvalue weighted by Gasteiger charge is -2.36. The Labute approximate surface area is 138 Å². The largest absolute Gasteiger partial charge is 0.301 e. The molecule has 1 unspecified atom stereocenters. The zero-order chi connectivity index (χ0) is 16.4. The van der Waals surface area contributed by atoms with Crippen LogP contribution >= 0.6 is 0 Å². The van der Waals surface area contributed by atoms with Gasteiger partial charge in [0.15, 0.2) is 0 Å². The number of aromatic nitrogens is 2. The van der Waals surface area contributed by atoms with Crippen molar-refractivity contribution in [3.05, 3.63) is 40.4 Å². The van der Waals surface area contributed by atoms with Crippen molar-refractivity contribution in [2.24, 2.45) is 5.92 Å². The normalized spacial score (nSPS) is 18.4. The summed E-state index contributed by atoms with van der Waals surface area (Å²) in [6.07, 6.45) is 3.55. The zero-order valence-electron chi connectivity index (χ0n) is 14.5. The first-order valence-corrected chi connectivity index (χ1v) is 8.80. The first-order chi connectivity index (χ1) is 11.1. The smallest absolute Gasteiger partial charge is 0.261 e. The van der Waals surface area contributed by atoms with E-state index in [4.69, 9.17) is 0 Å². The van der Waals surface area contributed by atoms with Crippen molar-refractivity contribution < 1.29 is 0 Å². The molecule has 23 heavy (non-hydrogen) atoms. The highest BCUT2D eigenvalue weighted by molar-refractivity contribution is 5.77. The highest BCUT2D eigenvalue weighted by Crippen LogP contribution is 2.21. The average Bonchev–Trinajstić information content (AvgIpc) is 2.58. The highest BCUT2D eigenvalue weighted by atomic mass is 16.1. The van der Waals surface area contributed by atoms with Gasteiger partial charge < -0.3 is 4.90 Å². The Morgan fingerprint density at radius 1 is 1.26 bits per heavy atom. The number of hydrogen-bond donors (Lipinski definition) is 0. The van der Waals surface area contributed by atoms with Crippen LogP contribution in [-0.4, -0.2) is 33.6 Å². The summed E-state index contributed by atoms with van der Waals surface area (Å²) in [7, 11) is 0. The molecule has 1 aliphatic heterocycles. The van der Waals surface area contributed by atoms with Crippen molar-refractivity contribution >= 4 is 10.9 Å². The Morgan fingerprint density at radius 2 is 1.96 bits per heavy atom. The van der Waals surface area contributed by atoms with E-state index in [0.29, 0.717) is 12.0 Å². The van der Waals surface area contributed by atoms with Crippen molar-refractivity contribution in [2.45, 2.75) is 52.6 Å². The summed E-state index contributed by atoms with van der Waals surface area (Å²) in [4.78, 5) is 19.9. The maximum absolute atomic E-state index is 12.8. The van der Waals surface area contributed by atoms with Crippen LogP contribution < -0.4 is 5.56 Å². The van der Waals surface area contributed by atoms with Crippen LogP contribution in [0.2, 0.25) is 0 Å². The molecule has 1 saturated heterocycles. The molecule has 1 aliphatic rings. The fourth-order valence-electron chi connectivity index (χ4n) is 3.59. The van der Waals surface area contributed by atoms with Crippen LogP contribution in [0.15, 0.2) is 29.1 Å². The lowest BCUT2D eigenvalue weighted by molar-refractivity contribution is 0.130. The number of aryl methyl sites for hydroxylation is 1. The third-order valence-electron chi connectivity index (χ3n) is 5.36. The molecule has 1 aromatic heterocycles. The summed E-state index contributed by atoms with van der Waals surface area (Å²) < 4.78 is 1.88. The van der Waals surface area contributed by atoms with E-state index in [-0.39, 0.29) is 5.56 Å². The molecule has 0 amide bonds. The van der Waals surface area contributed by atoms with Gasteiger partial charge in [-0.25, -0.2) is 4.98 Å². The minimum absolute atomic E-state index is 0.109. The van der Waals surface area contributed by atoms with Crippen LogP contribution in [0, 0.1) is 12.8 Å². The number of rotatable bonds is 4. The molecule has 2 aromatic rings. The molecule has 0 saturated carbocycles. The fourth-order valence-corrected chi connectivity index (χ4v) is 3.59. The maximum Gasteiger partial charge on any atom is 0.261 e. The minimum atomic E-state index is 0.109. The molecular formula is C19H27N3O. The Morgan fingerprint density at radius 3 is 2.65 bits per heavy atom. The summed E-state index contributed by atoms with van der Waals surface area (Å²) in [6, 6.07) is 8.31. The number of piperidine rings is 1. The van der Waals surface area contributed by atoms with Gasteiger partial charge in [0.2, 0.25) is 0 Å². The van der Waals surface area contributed by atoms with Crippen molar-refractivity contribution in [3.8, 4) is 0 Å². The molecule has 124 valence electrons. The second-order valence-corrected chi connectivity index (χ2v) is 6.83. The van der Waals surface area contributed by atoms with Gasteiger partial charge in [0.05, 0.1) is 10.9 Å². The first kappa shape index (κ1) is 16.2. The van der Waals surface area contributed by atoms with Crippen LogP contribution in [0.25, 0.3) is 10.9 Å². The van der Waals surface area contributed by atoms with E-state index in [2.05, 4.69) is 23.7 Å². The van der Waals surface area contributed by atoms with Crippen LogP contribution in [0.1, 0.15) is 38.9 Å². The fraction of sp³-hybridized carbons (Fsp3) is 0.579. The monoisotopic (exact) mass is 313 g/mol. The van der Waals surface area contributed by atoms with Gasteiger partial charge in [0, 0.05) is 12.6 Å². The van der Waals surface area contributed by atoms with Crippen LogP contribution in [0.5, 0.6) is 0 Å². The minimum Gasteiger partial charge on any atom is -0.301 e. The molecule has 0 radical (unpaired) electrons. The molecule has 2 heterocycles. The lowest BCUT2D eigenvalue weighted by Crippen LogP contribution is -2.41. The van der Waals surface area contributed by atoms with E-state index >= 15 is 0 Å². The Hall–Kier alpha value is -1.68. The van der Waals surface area contributed by atoms with Gasteiger partial charge in [-0.1, -0.05) is 19.1 Å². The van der Waals surface area contributed by atoms with Crippen LogP contribution in [-0.2, 0) is 6.54 Å². The molecule has 4 heteroatoms. The number of para-hydroxylation sites is 1. The standard InChI is InChI=1S/C19H27N3O/c1-4-14(2)21-11-9-16(10-12-21)13-22-15(3)20-18-8-6-5-7-17(18)19(22)23/h5-8,14,16H,4,9-13H2,1-3H3. The zero-order valence-corrected chi connectivity index (χ0v) is 14.5. The van der Waals surface area contributed by atoms with Gasteiger partial charge in [-0.05, 0) is 64.3 Å². The summed E-state index contributed by atoms with van der Waals surface area (Å²) in [5, 5.41) is 0.732. The van der Waals surface area contributed by atoms with E-state index in [1.165, 1.54) is 19.3 Å². The van der Waals surface area contributed by atoms with Crippen LogP contribution in [0.4, 0.5) is 0 Å². The van der Waals surface area contributed by atoms with Gasteiger partial charge in [-0.3, -0.25) is 9.36 Å². The topological polar surface area (TPSA) is 38.1 Å². The summed E-state index contributed by atoms with van der Waals surface area (Å²) in [6.45, 7) is 9.60. The SMILES string of the molecule is CCC(C)N1CCC(Cn2c(C)nc3ccccc3c2=O)CC1. The van der Waals surface area contributed by atoms with Gasteiger partial charge in [-0.2, -0.15) is 0 Å². The predicted molar refractivity (Wildman–Crippen MR) is 94.8 cm³/mol. The summed E-state index contributed by atoms with van der Waals surface area (Å²) >= 11 is 0. The molecule has 1 fully saturated rings. The van der Waals surface area contributed by atoms with Crippen molar-refractivity contribution in [1.82, 2.24) is 14.5 Å². The number of likely N-dealkylation sites (tertiary alicyclic amines) is 1. The third kappa shape index (κ3) is 3.32. The molecule has 0 spiro atoms. The second-order valence-electron chi connectivity index (χ2n) is 6.83. The maximum atomic E-state index is 12.8. The summed E-state index contributed by atoms with van der Waals surface area (Å²) in [5.41, 5.74) is 0.912. The van der Waals surface area contributed by atoms with Crippen molar-refractivity contribution in [3.63, 3.8) is 0 Å². The molecule has 4 nitrogen and oxygen atoms in total. The molecule has 1 aromatic carbocycles. The molecule has 0 N–H and O–H groups in total. The highest BCUT2D eigenvalue weighted by Gasteiger charge is 2.23. The quantitative estimate of drug-likeness (QED) is 0.870. The Balaban J connectivity index is 1.77. The number of nitrogens with zero attached hydrogens (tertiary/aromatic N) is 3. The van der Waals surface area contributed by atoms with Gasteiger partial charge in [0.1, 0.15) is 5.82 Å². The van der Waals surface area contributed by atoms with E-state index in [1.807, 2.05) is 35.8 Å². The molecule has 0 aliphatic carbocycles. The Kier molecular flexibility index (Phi) is 4.81. The van der Waals surface area contributed by atoms with Crippen molar-refractivity contribution in [2.75, 3.05) is 13.1 Å². The van der Waals surface area contributed by atoms with Gasteiger partial charge in [0.25, 0.3) is 5.56 Å². The van der Waals surface area contributed by atoms with Crippen molar-refractivity contribution in [1.29, 1.82) is 0 Å².